The molecule has 8 rings (SSSR count). The summed E-state index contributed by atoms with van der Waals surface area (Å²) in [6, 6.07) is 30.8. The molecule has 2 nitrogen and oxygen atoms in total. The van der Waals surface area contributed by atoms with Crippen molar-refractivity contribution in [1.82, 2.24) is 0 Å². The van der Waals surface area contributed by atoms with Crippen molar-refractivity contribution in [3.8, 4) is 33.6 Å². The lowest BCUT2D eigenvalue weighted by molar-refractivity contribution is -0.722. The number of hydrogen-bond acceptors (Lipinski definition) is 0. The fraction of sp³-hybridized carbons (Fsp3) is 0.375. The predicted molar refractivity (Wildman–Crippen MR) is 216 cm³/mol. The summed E-state index contributed by atoms with van der Waals surface area (Å²) in [7, 11) is -1.67. The first-order valence-electron chi connectivity index (χ1n) is 19.6. The van der Waals surface area contributed by atoms with Crippen LogP contribution in [0.5, 0.6) is 0 Å². The van der Waals surface area contributed by atoms with Crippen LogP contribution in [0.4, 0.5) is 0 Å². The number of pyridine rings is 2. The first kappa shape index (κ1) is 34.0. The summed E-state index contributed by atoms with van der Waals surface area (Å²) < 4.78 is 5.19. The number of aryl methyl sites for hydroxylation is 4. The minimum atomic E-state index is -1.67. The quantitative estimate of drug-likeness (QED) is 0.101. The number of fused-ring (bicyclic) bond motifs is 9. The molecule has 0 radical (unpaired) electrons. The fourth-order valence-corrected chi connectivity index (χ4v) is 12.0. The maximum atomic E-state index is 5.00. The standard InChI is InChI=1S/C48H56N2Si/c1-31-25-32(2)47(33(3)26-31)38-23-24-49-29-34(4)48-42(22-21-37-17-11-12-18-39(37)44(49)27-38)40-19-13-14-20-41(40)45-28-43(35(5)36-15-9-10-16-36)46(30-50(45)48)51(6,7)8/h11-14,17-20,23-28,30,35-36,42,48H,4,9-10,15-16,21-22,29H2,1-3,5-8H3/q+2. The second-order valence-corrected chi connectivity index (χ2v) is 22.3. The fourth-order valence-electron chi connectivity index (χ4n) is 10.3. The van der Waals surface area contributed by atoms with Gasteiger partial charge in [-0.1, -0.05) is 100 Å². The molecule has 1 fully saturated rings. The van der Waals surface area contributed by atoms with Gasteiger partial charge in [-0.15, -0.1) is 0 Å². The molecule has 5 aromatic rings. The Hall–Kier alpha value is -4.08. The van der Waals surface area contributed by atoms with E-state index in [1.165, 1.54) is 92.7 Å². The topological polar surface area (TPSA) is 7.76 Å². The van der Waals surface area contributed by atoms with E-state index >= 15 is 0 Å². The van der Waals surface area contributed by atoms with Gasteiger partial charge in [-0.25, -0.2) is 0 Å². The Labute approximate surface area is 307 Å². The highest BCUT2D eigenvalue weighted by atomic mass is 28.3. The number of rotatable bonds is 4. The Bertz CT molecular complexity index is 2140. The van der Waals surface area contributed by atoms with E-state index in [0.29, 0.717) is 11.8 Å². The molecule has 3 heteroatoms. The number of benzene rings is 3. The van der Waals surface area contributed by atoms with E-state index in [2.05, 4.69) is 148 Å². The Morgan fingerprint density at radius 3 is 2.20 bits per heavy atom. The summed E-state index contributed by atoms with van der Waals surface area (Å²) in [5.41, 5.74) is 17.9. The monoisotopic (exact) mass is 688 g/mol. The van der Waals surface area contributed by atoms with Crippen LogP contribution in [0.15, 0.2) is 103 Å². The molecular formula is C48H56N2Si+2. The van der Waals surface area contributed by atoms with Crippen LogP contribution in [0, 0.1) is 26.7 Å². The minimum Gasteiger partial charge on any atom is -0.194 e. The molecule has 3 aromatic carbocycles. The van der Waals surface area contributed by atoms with Gasteiger partial charge < -0.3 is 0 Å². The maximum absolute atomic E-state index is 5.00. The van der Waals surface area contributed by atoms with Crippen LogP contribution in [0.2, 0.25) is 19.6 Å². The molecular weight excluding hydrogens is 633 g/mol. The molecule has 0 N–H and O–H groups in total. The second-order valence-electron chi connectivity index (χ2n) is 17.2. The Morgan fingerprint density at radius 1 is 0.784 bits per heavy atom. The molecule has 0 bridgehead atoms. The Kier molecular flexibility index (Phi) is 8.78. The molecule has 3 aliphatic rings. The lowest BCUT2D eigenvalue weighted by Crippen LogP contribution is -2.55. The predicted octanol–water partition coefficient (Wildman–Crippen LogP) is 10.9. The largest absolute Gasteiger partial charge is 0.213 e. The van der Waals surface area contributed by atoms with E-state index < -0.39 is 8.07 Å². The van der Waals surface area contributed by atoms with E-state index in [1.807, 2.05) is 0 Å². The Morgan fingerprint density at radius 2 is 1.47 bits per heavy atom. The average Bonchev–Trinajstić information content (AvgIpc) is 3.65. The molecule has 0 spiro atoms. The van der Waals surface area contributed by atoms with E-state index in [0.717, 1.165) is 25.3 Å². The van der Waals surface area contributed by atoms with Crippen molar-refractivity contribution in [2.45, 2.75) is 110 Å². The van der Waals surface area contributed by atoms with E-state index in [4.69, 9.17) is 6.58 Å². The molecule has 3 atom stereocenters. The molecule has 2 aliphatic heterocycles. The van der Waals surface area contributed by atoms with Crippen LogP contribution >= 0.6 is 0 Å². The summed E-state index contributed by atoms with van der Waals surface area (Å²) >= 11 is 0. The van der Waals surface area contributed by atoms with Gasteiger partial charge in [-0.2, -0.15) is 9.13 Å². The van der Waals surface area contributed by atoms with Gasteiger partial charge in [0.1, 0.15) is 0 Å². The first-order valence-corrected chi connectivity index (χ1v) is 23.1. The van der Waals surface area contributed by atoms with Crippen molar-refractivity contribution in [2.24, 2.45) is 5.92 Å². The zero-order chi connectivity index (χ0) is 35.6. The van der Waals surface area contributed by atoms with Crippen molar-refractivity contribution in [3.63, 3.8) is 0 Å². The summed E-state index contributed by atoms with van der Waals surface area (Å²) in [6.07, 6.45) is 12.6. The maximum Gasteiger partial charge on any atom is 0.213 e. The highest BCUT2D eigenvalue weighted by molar-refractivity contribution is 6.89. The summed E-state index contributed by atoms with van der Waals surface area (Å²) in [4.78, 5) is 0. The molecule has 1 aliphatic carbocycles. The Balaban J connectivity index is 1.31. The van der Waals surface area contributed by atoms with Crippen molar-refractivity contribution in [1.29, 1.82) is 0 Å². The summed E-state index contributed by atoms with van der Waals surface area (Å²) in [5.74, 6) is 1.74. The van der Waals surface area contributed by atoms with Crippen LogP contribution in [0.3, 0.4) is 0 Å². The van der Waals surface area contributed by atoms with Gasteiger partial charge in [0, 0.05) is 34.5 Å². The van der Waals surface area contributed by atoms with Gasteiger partial charge in [0.2, 0.25) is 11.4 Å². The lowest BCUT2D eigenvalue weighted by atomic mass is 9.76. The molecule has 3 unspecified atom stereocenters. The van der Waals surface area contributed by atoms with E-state index in [9.17, 15) is 0 Å². The summed E-state index contributed by atoms with van der Waals surface area (Å²) in [5, 5.41) is 1.64. The van der Waals surface area contributed by atoms with Gasteiger partial charge in [0.25, 0.3) is 0 Å². The smallest absolute Gasteiger partial charge is 0.194 e. The SMILES string of the molecule is C=C1C[n+]2ccc(-c3c(C)cc(C)cc3C)cc2-c2ccccc2CCC2c3ccccc3-c3cc(C(C)C4CCCC4)c([Si](C)(C)C)c[n+]3C12. The third-order valence-electron chi connectivity index (χ3n) is 12.7. The number of aromatic nitrogens is 2. The van der Waals surface area contributed by atoms with E-state index in [1.54, 1.807) is 10.8 Å². The lowest BCUT2D eigenvalue weighted by Gasteiger charge is -2.34. The molecule has 1 saturated carbocycles. The van der Waals surface area contributed by atoms with Crippen molar-refractivity contribution in [3.05, 3.63) is 137 Å². The third kappa shape index (κ3) is 6.06. The molecule has 4 heterocycles. The number of allylic oxidation sites excluding steroid dienone is 1. The van der Waals surface area contributed by atoms with Gasteiger partial charge in [-0.05, 0) is 109 Å². The molecule has 260 valence electrons. The van der Waals surface area contributed by atoms with Gasteiger partial charge in [0.05, 0.1) is 19.6 Å². The van der Waals surface area contributed by atoms with Crippen molar-refractivity contribution < 1.29 is 9.13 Å². The van der Waals surface area contributed by atoms with Crippen LogP contribution in [-0.4, -0.2) is 8.07 Å². The molecule has 0 saturated heterocycles. The summed E-state index contributed by atoms with van der Waals surface area (Å²) in [6.45, 7) is 22.7. The average molecular weight is 689 g/mol. The molecule has 0 amide bonds. The molecule has 2 aromatic heterocycles. The second kappa shape index (κ2) is 13.2. The normalized spacial score (nSPS) is 19.4. The highest BCUT2D eigenvalue weighted by Gasteiger charge is 2.45. The van der Waals surface area contributed by atoms with Crippen LogP contribution in [0.1, 0.15) is 90.3 Å². The van der Waals surface area contributed by atoms with Crippen molar-refractivity contribution >= 4 is 13.3 Å². The van der Waals surface area contributed by atoms with Crippen molar-refractivity contribution in [2.75, 3.05) is 0 Å². The van der Waals surface area contributed by atoms with Crippen LogP contribution in [0.25, 0.3) is 33.6 Å². The highest BCUT2D eigenvalue weighted by Crippen LogP contribution is 2.46. The van der Waals surface area contributed by atoms with Gasteiger partial charge in [-0.3, -0.25) is 0 Å². The first-order chi connectivity index (χ1) is 24.5. The third-order valence-corrected chi connectivity index (χ3v) is 14.7. The zero-order valence-electron chi connectivity index (χ0n) is 32.0. The van der Waals surface area contributed by atoms with E-state index in [-0.39, 0.29) is 6.04 Å². The molecule has 51 heavy (non-hydrogen) atoms. The minimum absolute atomic E-state index is 0.188. The van der Waals surface area contributed by atoms with Gasteiger partial charge in [0.15, 0.2) is 25.0 Å². The number of hydrogen-bond donors (Lipinski definition) is 0. The van der Waals surface area contributed by atoms with Crippen LogP contribution in [-0.2, 0) is 13.0 Å². The zero-order valence-corrected chi connectivity index (χ0v) is 33.0. The van der Waals surface area contributed by atoms with Gasteiger partial charge >= 0.3 is 0 Å². The van der Waals surface area contributed by atoms with Crippen LogP contribution < -0.4 is 14.3 Å². The number of nitrogens with zero attached hydrogens (tertiary/aromatic N) is 2.